The van der Waals surface area contributed by atoms with Crippen LogP contribution in [0.1, 0.15) is 22.6 Å². The van der Waals surface area contributed by atoms with Gasteiger partial charge in [-0.2, -0.15) is 0 Å². The van der Waals surface area contributed by atoms with Crippen LogP contribution in [0.5, 0.6) is 0 Å². The molecule has 3 rings (SSSR count). The average molecular weight is 402 g/mol. The summed E-state index contributed by atoms with van der Waals surface area (Å²) in [5.41, 5.74) is 9.75. The van der Waals surface area contributed by atoms with Crippen molar-refractivity contribution in [2.75, 3.05) is 12.8 Å². The summed E-state index contributed by atoms with van der Waals surface area (Å²) in [4.78, 5) is 9.11. The van der Waals surface area contributed by atoms with Crippen LogP contribution in [0.25, 0.3) is 11.0 Å². The summed E-state index contributed by atoms with van der Waals surface area (Å²) in [7, 11) is -3.24. The van der Waals surface area contributed by atoms with Crippen LogP contribution in [0.15, 0.2) is 47.3 Å². The standard InChI is InChI=1S/C20H23FN4O2S/c1-13-18(10-15-4-6-17(7-5-15)28(3,26)27)20-19(11-23-14(2)24-20)25(13)12-16(21)8-9-22/h4-8,11H,9-10,12,22H2,1-3H3/b16-8-. The first kappa shape index (κ1) is 20.2. The molecule has 0 atom stereocenters. The Morgan fingerprint density at radius 2 is 1.93 bits per heavy atom. The SMILES string of the molecule is Cc1ncc2c(n1)c(Cc1ccc(S(C)(=O)=O)cc1)c(C)n2C/C(F)=C/CN. The second-order valence-electron chi connectivity index (χ2n) is 6.78. The van der Waals surface area contributed by atoms with Crippen LogP contribution in [-0.4, -0.2) is 35.8 Å². The topological polar surface area (TPSA) is 90.9 Å². The molecule has 0 radical (unpaired) electrons. The molecule has 6 nitrogen and oxygen atoms in total. The lowest BCUT2D eigenvalue weighted by Crippen LogP contribution is -2.04. The fourth-order valence-corrected chi connectivity index (χ4v) is 3.85. The van der Waals surface area contributed by atoms with Crippen molar-refractivity contribution < 1.29 is 12.8 Å². The van der Waals surface area contributed by atoms with E-state index < -0.39 is 9.84 Å². The predicted octanol–water partition coefficient (Wildman–Crippen LogP) is 2.85. The maximum atomic E-state index is 14.1. The number of allylic oxidation sites excluding steroid dienone is 1. The molecule has 0 aliphatic carbocycles. The highest BCUT2D eigenvalue weighted by Gasteiger charge is 2.18. The monoisotopic (exact) mass is 402 g/mol. The molecule has 0 saturated carbocycles. The molecule has 1 aromatic carbocycles. The number of aromatic nitrogens is 3. The second kappa shape index (κ2) is 7.81. The van der Waals surface area contributed by atoms with Gasteiger partial charge >= 0.3 is 0 Å². The fraction of sp³-hybridized carbons (Fsp3) is 0.300. The number of aryl methyl sites for hydroxylation is 1. The molecule has 0 aliphatic rings. The molecular weight excluding hydrogens is 379 g/mol. The number of sulfone groups is 1. The van der Waals surface area contributed by atoms with Crippen LogP contribution in [0.3, 0.4) is 0 Å². The van der Waals surface area contributed by atoms with Gasteiger partial charge in [-0.3, -0.25) is 0 Å². The van der Waals surface area contributed by atoms with Gasteiger partial charge in [-0.25, -0.2) is 22.8 Å². The first-order valence-electron chi connectivity index (χ1n) is 8.85. The molecule has 0 unspecified atom stereocenters. The largest absolute Gasteiger partial charge is 0.335 e. The van der Waals surface area contributed by atoms with Gasteiger partial charge in [0.15, 0.2) is 9.84 Å². The van der Waals surface area contributed by atoms with E-state index in [1.807, 2.05) is 18.4 Å². The van der Waals surface area contributed by atoms with Gasteiger partial charge in [-0.1, -0.05) is 12.1 Å². The normalized spacial score (nSPS) is 12.7. The molecule has 3 aromatic rings. The molecule has 0 saturated heterocycles. The number of rotatable bonds is 6. The summed E-state index contributed by atoms with van der Waals surface area (Å²) < 4.78 is 39.3. The minimum atomic E-state index is -3.24. The zero-order valence-corrected chi connectivity index (χ0v) is 16.9. The first-order valence-corrected chi connectivity index (χ1v) is 10.7. The smallest absolute Gasteiger partial charge is 0.175 e. The Labute approximate surface area is 163 Å². The van der Waals surface area contributed by atoms with E-state index in [0.717, 1.165) is 27.9 Å². The van der Waals surface area contributed by atoms with E-state index in [2.05, 4.69) is 9.97 Å². The fourth-order valence-electron chi connectivity index (χ4n) is 3.22. The molecular formula is C20H23FN4O2S. The molecule has 8 heteroatoms. The summed E-state index contributed by atoms with van der Waals surface area (Å²) in [5, 5.41) is 0. The molecule has 2 aromatic heterocycles. The Balaban J connectivity index is 2.06. The van der Waals surface area contributed by atoms with E-state index in [0.29, 0.717) is 12.2 Å². The number of benzene rings is 1. The number of hydrogen-bond acceptors (Lipinski definition) is 5. The third-order valence-electron chi connectivity index (χ3n) is 4.69. The van der Waals surface area contributed by atoms with Crippen molar-refractivity contribution in [2.24, 2.45) is 5.73 Å². The Hall–Kier alpha value is -2.58. The molecule has 0 fully saturated rings. The third kappa shape index (κ3) is 4.13. The van der Waals surface area contributed by atoms with Crippen molar-refractivity contribution in [1.29, 1.82) is 0 Å². The van der Waals surface area contributed by atoms with Gasteiger partial charge in [0.2, 0.25) is 0 Å². The summed E-state index contributed by atoms with van der Waals surface area (Å²) in [5.74, 6) is 0.323. The Morgan fingerprint density at radius 1 is 1.25 bits per heavy atom. The van der Waals surface area contributed by atoms with Gasteiger partial charge in [0.1, 0.15) is 11.7 Å². The van der Waals surface area contributed by atoms with Crippen LogP contribution < -0.4 is 5.73 Å². The molecule has 2 N–H and O–H groups in total. The second-order valence-corrected chi connectivity index (χ2v) is 8.80. The summed E-state index contributed by atoms with van der Waals surface area (Å²) in [6, 6.07) is 6.79. The minimum Gasteiger partial charge on any atom is -0.335 e. The van der Waals surface area contributed by atoms with Crippen LogP contribution in [0, 0.1) is 13.8 Å². The van der Waals surface area contributed by atoms with Gasteiger partial charge in [0.05, 0.1) is 28.7 Å². The zero-order chi connectivity index (χ0) is 20.5. The summed E-state index contributed by atoms with van der Waals surface area (Å²) >= 11 is 0. The van der Waals surface area contributed by atoms with E-state index in [1.165, 1.54) is 12.3 Å². The Kier molecular flexibility index (Phi) is 5.62. The molecule has 2 heterocycles. The van der Waals surface area contributed by atoms with E-state index in [-0.39, 0.29) is 23.8 Å². The van der Waals surface area contributed by atoms with Crippen LogP contribution in [-0.2, 0) is 22.8 Å². The number of nitrogens with zero attached hydrogens (tertiary/aromatic N) is 3. The van der Waals surface area contributed by atoms with Crippen molar-refractivity contribution in [2.45, 2.75) is 31.7 Å². The highest BCUT2D eigenvalue weighted by Crippen LogP contribution is 2.28. The van der Waals surface area contributed by atoms with Gasteiger partial charge in [0.25, 0.3) is 0 Å². The minimum absolute atomic E-state index is 0.0684. The van der Waals surface area contributed by atoms with Crippen molar-refractivity contribution >= 4 is 20.9 Å². The maximum absolute atomic E-state index is 14.1. The molecule has 0 aliphatic heterocycles. The highest BCUT2D eigenvalue weighted by molar-refractivity contribution is 7.90. The lowest BCUT2D eigenvalue weighted by atomic mass is 10.0. The zero-order valence-electron chi connectivity index (χ0n) is 16.1. The van der Waals surface area contributed by atoms with Crippen LogP contribution >= 0.6 is 0 Å². The Morgan fingerprint density at radius 3 is 2.54 bits per heavy atom. The van der Waals surface area contributed by atoms with Crippen molar-refractivity contribution in [3.05, 3.63) is 65.0 Å². The highest BCUT2D eigenvalue weighted by atomic mass is 32.2. The van der Waals surface area contributed by atoms with Crippen LogP contribution in [0.2, 0.25) is 0 Å². The molecule has 148 valence electrons. The first-order chi connectivity index (χ1) is 13.2. The van der Waals surface area contributed by atoms with Gasteiger partial charge in [-0.15, -0.1) is 0 Å². The van der Waals surface area contributed by atoms with E-state index in [1.54, 1.807) is 30.5 Å². The van der Waals surface area contributed by atoms with E-state index in [9.17, 15) is 12.8 Å². The van der Waals surface area contributed by atoms with Gasteiger partial charge in [0, 0.05) is 30.5 Å². The lowest BCUT2D eigenvalue weighted by molar-refractivity contribution is 0.554. The molecule has 0 spiro atoms. The lowest BCUT2D eigenvalue weighted by Gasteiger charge is -2.07. The van der Waals surface area contributed by atoms with Crippen molar-refractivity contribution in [1.82, 2.24) is 14.5 Å². The molecule has 0 amide bonds. The summed E-state index contributed by atoms with van der Waals surface area (Å²) in [6.45, 7) is 3.94. The van der Waals surface area contributed by atoms with Crippen LogP contribution in [0.4, 0.5) is 4.39 Å². The number of halogens is 1. The number of nitrogens with two attached hydrogens (primary N) is 1. The Bertz CT molecular complexity index is 1150. The maximum Gasteiger partial charge on any atom is 0.175 e. The number of hydrogen-bond donors (Lipinski definition) is 1. The predicted molar refractivity (Wildman–Crippen MR) is 108 cm³/mol. The quantitative estimate of drug-likeness (QED) is 0.685. The number of fused-ring (bicyclic) bond motifs is 1. The molecule has 0 bridgehead atoms. The van der Waals surface area contributed by atoms with Gasteiger partial charge < -0.3 is 10.3 Å². The van der Waals surface area contributed by atoms with E-state index >= 15 is 0 Å². The summed E-state index contributed by atoms with van der Waals surface area (Å²) in [6.07, 6.45) is 4.79. The average Bonchev–Trinajstić information content (AvgIpc) is 2.87. The van der Waals surface area contributed by atoms with Crippen molar-refractivity contribution in [3.8, 4) is 0 Å². The third-order valence-corrected chi connectivity index (χ3v) is 5.82. The van der Waals surface area contributed by atoms with E-state index in [4.69, 9.17) is 5.73 Å². The molecule has 28 heavy (non-hydrogen) atoms. The van der Waals surface area contributed by atoms with Crippen molar-refractivity contribution in [3.63, 3.8) is 0 Å². The van der Waals surface area contributed by atoms with Gasteiger partial charge in [-0.05, 0) is 37.6 Å².